The number of ether oxygens (including phenoxy) is 2. The van der Waals surface area contributed by atoms with Gasteiger partial charge in [-0.25, -0.2) is 0 Å². The van der Waals surface area contributed by atoms with Gasteiger partial charge in [-0.15, -0.1) is 0 Å². The van der Waals surface area contributed by atoms with Gasteiger partial charge in [0.15, 0.2) is 0 Å². The van der Waals surface area contributed by atoms with E-state index in [0.717, 1.165) is 16.9 Å². The van der Waals surface area contributed by atoms with Crippen molar-refractivity contribution in [1.29, 1.82) is 0 Å². The van der Waals surface area contributed by atoms with Crippen LogP contribution in [0.4, 0.5) is 0 Å². The topological polar surface area (TPSA) is 117 Å². The molecule has 0 aliphatic rings. The lowest BCUT2D eigenvalue weighted by molar-refractivity contribution is 0.0907. The molecule has 0 bridgehead atoms. The summed E-state index contributed by atoms with van der Waals surface area (Å²) in [7, 11) is 1.59. The molecule has 2 aromatic carbocycles. The van der Waals surface area contributed by atoms with Gasteiger partial charge < -0.3 is 23.7 Å². The number of carbonyl (C=O) groups excluding carboxylic acids is 1. The highest BCUT2D eigenvalue weighted by atomic mass is 16.5. The molecule has 0 aliphatic heterocycles. The van der Waals surface area contributed by atoms with Crippen molar-refractivity contribution in [3.05, 3.63) is 93.9 Å². The predicted octanol–water partition coefficient (Wildman–Crippen LogP) is 3.52. The van der Waals surface area contributed by atoms with Crippen molar-refractivity contribution in [2.24, 2.45) is 0 Å². The molecule has 0 aliphatic carbocycles. The van der Waals surface area contributed by atoms with E-state index in [1.165, 1.54) is 12.3 Å². The van der Waals surface area contributed by atoms with Crippen LogP contribution in [-0.4, -0.2) is 23.2 Å². The zero-order valence-corrected chi connectivity index (χ0v) is 18.0. The number of benzene rings is 2. The Morgan fingerprint density at radius 1 is 1.03 bits per heavy atom. The molecule has 0 spiro atoms. The lowest BCUT2D eigenvalue weighted by Gasteiger charge is -2.07. The monoisotopic (exact) mass is 447 g/mol. The van der Waals surface area contributed by atoms with E-state index in [9.17, 15) is 9.59 Å². The van der Waals surface area contributed by atoms with E-state index in [4.69, 9.17) is 18.4 Å². The fourth-order valence-corrected chi connectivity index (χ4v) is 3.01. The summed E-state index contributed by atoms with van der Waals surface area (Å²) >= 11 is 0. The van der Waals surface area contributed by atoms with Crippen LogP contribution in [-0.2, 0) is 13.2 Å². The molecule has 2 heterocycles. The van der Waals surface area contributed by atoms with Crippen LogP contribution in [0.25, 0.3) is 11.4 Å². The highest BCUT2D eigenvalue weighted by molar-refractivity contribution is 5.89. The molecule has 0 saturated carbocycles. The molecule has 33 heavy (non-hydrogen) atoms. The summed E-state index contributed by atoms with van der Waals surface area (Å²) in [6, 6.07) is 15.8. The first-order valence-corrected chi connectivity index (χ1v) is 10.1. The number of nitrogens with one attached hydrogen (secondary N) is 1. The molecular weight excluding hydrogens is 426 g/mol. The third-order valence-corrected chi connectivity index (χ3v) is 4.84. The van der Waals surface area contributed by atoms with Gasteiger partial charge in [-0.05, 0) is 30.2 Å². The minimum atomic E-state index is -0.466. The first-order valence-electron chi connectivity index (χ1n) is 10.1. The van der Waals surface area contributed by atoms with Crippen LogP contribution in [0.1, 0.15) is 27.6 Å². The van der Waals surface area contributed by atoms with Crippen LogP contribution in [0.2, 0.25) is 0 Å². The fraction of sp³-hybridized carbons (Fsp3) is 0.167. The molecule has 0 unspecified atom stereocenters. The SMILES string of the molecule is COc1ccc(CNC(=O)c2nc(-c3ccc(COc4c(C)occc4=O)cc3)no2)cc1. The van der Waals surface area contributed by atoms with Gasteiger partial charge in [-0.3, -0.25) is 9.59 Å². The number of hydrogen-bond donors (Lipinski definition) is 1. The third kappa shape index (κ3) is 5.27. The highest BCUT2D eigenvalue weighted by Crippen LogP contribution is 2.19. The Bertz CT molecular complexity index is 1290. The van der Waals surface area contributed by atoms with E-state index in [0.29, 0.717) is 17.9 Å². The summed E-state index contributed by atoms with van der Waals surface area (Å²) in [6.07, 6.45) is 1.33. The molecule has 9 nitrogen and oxygen atoms in total. The second-order valence-corrected chi connectivity index (χ2v) is 7.11. The molecule has 4 rings (SSSR count). The van der Waals surface area contributed by atoms with Gasteiger partial charge >= 0.3 is 11.8 Å². The molecule has 9 heteroatoms. The van der Waals surface area contributed by atoms with Gasteiger partial charge in [0.25, 0.3) is 0 Å². The van der Waals surface area contributed by atoms with E-state index in [1.54, 1.807) is 26.2 Å². The fourth-order valence-electron chi connectivity index (χ4n) is 3.01. The first-order chi connectivity index (χ1) is 16.0. The van der Waals surface area contributed by atoms with Crippen molar-refractivity contribution >= 4 is 5.91 Å². The molecule has 0 fully saturated rings. The summed E-state index contributed by atoms with van der Waals surface area (Å²) in [5.74, 6) is 1.04. The van der Waals surface area contributed by atoms with Crippen LogP contribution in [0.3, 0.4) is 0 Å². The second kappa shape index (κ2) is 9.82. The number of aromatic nitrogens is 2. The Labute approximate surface area is 189 Å². The smallest absolute Gasteiger partial charge is 0.316 e. The summed E-state index contributed by atoms with van der Waals surface area (Å²) in [5.41, 5.74) is 2.18. The van der Waals surface area contributed by atoms with E-state index < -0.39 is 5.91 Å². The Morgan fingerprint density at radius 3 is 2.45 bits per heavy atom. The number of amides is 1. The maximum atomic E-state index is 12.3. The molecule has 0 saturated heterocycles. The van der Waals surface area contributed by atoms with Crippen LogP contribution in [0.5, 0.6) is 11.5 Å². The van der Waals surface area contributed by atoms with Crippen LogP contribution in [0, 0.1) is 6.92 Å². The van der Waals surface area contributed by atoms with Gasteiger partial charge in [0.05, 0.1) is 13.4 Å². The quantitative estimate of drug-likeness (QED) is 0.436. The molecule has 0 radical (unpaired) electrons. The number of hydrogen-bond acceptors (Lipinski definition) is 8. The maximum Gasteiger partial charge on any atom is 0.316 e. The molecular formula is C24H21N3O6. The largest absolute Gasteiger partial charge is 0.497 e. The Hall–Kier alpha value is -4.40. The van der Waals surface area contributed by atoms with Gasteiger partial charge in [0.1, 0.15) is 18.1 Å². The Balaban J connectivity index is 1.35. The van der Waals surface area contributed by atoms with Crippen molar-refractivity contribution in [2.45, 2.75) is 20.1 Å². The summed E-state index contributed by atoms with van der Waals surface area (Å²) < 4.78 is 21.0. The molecule has 1 amide bonds. The van der Waals surface area contributed by atoms with E-state index >= 15 is 0 Å². The van der Waals surface area contributed by atoms with Gasteiger partial charge in [0, 0.05) is 18.2 Å². The number of methoxy groups -OCH3 is 1. The average Bonchev–Trinajstić information content (AvgIpc) is 3.33. The number of aryl methyl sites for hydroxylation is 1. The van der Waals surface area contributed by atoms with Crippen molar-refractivity contribution in [3.8, 4) is 22.9 Å². The van der Waals surface area contributed by atoms with Crippen LogP contribution < -0.4 is 20.2 Å². The zero-order chi connectivity index (χ0) is 23.2. The third-order valence-electron chi connectivity index (χ3n) is 4.84. The van der Waals surface area contributed by atoms with Crippen LogP contribution >= 0.6 is 0 Å². The maximum absolute atomic E-state index is 12.3. The molecule has 4 aromatic rings. The second-order valence-electron chi connectivity index (χ2n) is 7.11. The predicted molar refractivity (Wildman–Crippen MR) is 118 cm³/mol. The summed E-state index contributed by atoms with van der Waals surface area (Å²) in [6.45, 7) is 2.18. The standard InChI is InChI=1S/C24H21N3O6/c1-15-21(20(28)11-12-31-15)32-14-17-3-7-18(8-4-17)22-26-24(33-27-22)23(29)25-13-16-5-9-19(30-2)10-6-16/h3-12H,13-14H2,1-2H3,(H,25,29). The first kappa shape index (κ1) is 21.8. The van der Waals surface area contributed by atoms with Gasteiger partial charge in [0.2, 0.25) is 17.0 Å². The van der Waals surface area contributed by atoms with Crippen molar-refractivity contribution < 1.29 is 23.2 Å². The number of nitrogens with zero attached hydrogens (tertiary/aromatic N) is 2. The number of carbonyl (C=O) groups is 1. The zero-order valence-electron chi connectivity index (χ0n) is 18.0. The van der Waals surface area contributed by atoms with Gasteiger partial charge in [-0.2, -0.15) is 4.98 Å². The van der Waals surface area contributed by atoms with Crippen molar-refractivity contribution in [2.75, 3.05) is 7.11 Å². The lowest BCUT2D eigenvalue weighted by Crippen LogP contribution is -2.23. The minimum Gasteiger partial charge on any atom is -0.497 e. The Kier molecular flexibility index (Phi) is 6.49. The van der Waals surface area contributed by atoms with Crippen molar-refractivity contribution in [1.82, 2.24) is 15.5 Å². The van der Waals surface area contributed by atoms with E-state index in [2.05, 4.69) is 15.5 Å². The van der Waals surface area contributed by atoms with Crippen LogP contribution in [0.15, 0.2) is 74.6 Å². The van der Waals surface area contributed by atoms with Crippen molar-refractivity contribution in [3.63, 3.8) is 0 Å². The van der Waals surface area contributed by atoms with Gasteiger partial charge in [-0.1, -0.05) is 41.6 Å². The highest BCUT2D eigenvalue weighted by Gasteiger charge is 2.16. The molecule has 0 atom stereocenters. The molecule has 2 aromatic heterocycles. The normalized spacial score (nSPS) is 10.6. The lowest BCUT2D eigenvalue weighted by atomic mass is 10.1. The average molecular weight is 447 g/mol. The van der Waals surface area contributed by atoms with E-state index in [1.807, 2.05) is 36.4 Å². The molecule has 1 N–H and O–H groups in total. The Morgan fingerprint density at radius 2 is 1.76 bits per heavy atom. The molecule has 168 valence electrons. The number of rotatable bonds is 8. The minimum absolute atomic E-state index is 0.128. The van der Waals surface area contributed by atoms with E-state index in [-0.39, 0.29) is 29.5 Å². The summed E-state index contributed by atoms with van der Waals surface area (Å²) in [5, 5.41) is 6.63. The summed E-state index contributed by atoms with van der Waals surface area (Å²) in [4.78, 5) is 28.4.